The number of rotatable bonds is 4. The van der Waals surface area contributed by atoms with Crippen LogP contribution in [0.15, 0.2) is 36.4 Å². The van der Waals surface area contributed by atoms with Gasteiger partial charge in [-0.3, -0.25) is 0 Å². The summed E-state index contributed by atoms with van der Waals surface area (Å²) >= 11 is 0. The molecule has 3 heteroatoms. The number of benzene rings is 1. The average molecular weight is 300 g/mol. The molecule has 0 spiro atoms. The molecule has 2 nitrogen and oxygen atoms in total. The molecule has 0 N–H and O–H groups in total. The Morgan fingerprint density at radius 3 is 1.95 bits per heavy atom. The second-order valence-electron chi connectivity index (χ2n) is 7.87. The Morgan fingerprint density at radius 2 is 1.50 bits per heavy atom. The lowest BCUT2D eigenvalue weighted by molar-refractivity contribution is 0.00578. The van der Waals surface area contributed by atoms with Crippen LogP contribution in [0.4, 0.5) is 0 Å². The lowest BCUT2D eigenvalue weighted by atomic mass is 9.75. The van der Waals surface area contributed by atoms with Gasteiger partial charge in [-0.2, -0.15) is 0 Å². The van der Waals surface area contributed by atoms with Crippen LogP contribution in [0.3, 0.4) is 0 Å². The van der Waals surface area contributed by atoms with Crippen molar-refractivity contribution < 1.29 is 9.31 Å². The highest BCUT2D eigenvalue weighted by Gasteiger charge is 2.51. The number of hydrogen-bond donors (Lipinski definition) is 0. The summed E-state index contributed by atoms with van der Waals surface area (Å²) in [6.07, 6.45) is 5.38. The lowest BCUT2D eigenvalue weighted by Crippen LogP contribution is -2.41. The zero-order valence-corrected chi connectivity index (χ0v) is 15.1. The highest BCUT2D eigenvalue weighted by molar-refractivity contribution is 6.62. The van der Waals surface area contributed by atoms with E-state index < -0.39 is 0 Å². The van der Waals surface area contributed by atoms with Crippen LogP contribution in [0.1, 0.15) is 60.5 Å². The van der Waals surface area contributed by atoms with E-state index in [1.807, 2.05) is 0 Å². The minimum atomic E-state index is -0.290. The van der Waals surface area contributed by atoms with Gasteiger partial charge >= 0.3 is 7.12 Å². The van der Waals surface area contributed by atoms with Crippen LogP contribution < -0.4 is 5.46 Å². The molecule has 0 atom stereocenters. The molecule has 0 aliphatic carbocycles. The van der Waals surface area contributed by atoms with Crippen molar-refractivity contribution in [2.45, 2.75) is 71.5 Å². The molecule has 1 fully saturated rings. The molecule has 0 bridgehead atoms. The summed E-state index contributed by atoms with van der Waals surface area (Å²) in [5.41, 5.74) is 1.99. The van der Waals surface area contributed by atoms with Crippen LogP contribution in [0, 0.1) is 0 Å². The number of allylic oxidation sites excluding steroid dienone is 2. The van der Waals surface area contributed by atoms with Crippen LogP contribution in [0.2, 0.25) is 0 Å². The van der Waals surface area contributed by atoms with Crippen LogP contribution in [0.5, 0.6) is 0 Å². The maximum Gasteiger partial charge on any atom is 0.494 e. The second kappa shape index (κ2) is 5.86. The van der Waals surface area contributed by atoms with E-state index in [0.29, 0.717) is 0 Å². The third-order valence-corrected chi connectivity index (χ3v) is 5.08. The minimum absolute atomic E-state index is 0.140. The standard InChI is InChI=1S/C19H29BO2/c1-8-9-14-17(2,3)15-10-12-16(13-11-15)20-21-18(4,5)19(6,7)22-20/h8-13H,14H2,1-7H3/b9-8+. The van der Waals surface area contributed by atoms with Gasteiger partial charge in [-0.15, -0.1) is 0 Å². The lowest BCUT2D eigenvalue weighted by Gasteiger charge is -2.32. The topological polar surface area (TPSA) is 18.5 Å². The van der Waals surface area contributed by atoms with E-state index in [-0.39, 0.29) is 23.7 Å². The smallest absolute Gasteiger partial charge is 0.399 e. The Labute approximate surface area is 136 Å². The van der Waals surface area contributed by atoms with Gasteiger partial charge in [0.2, 0.25) is 0 Å². The molecule has 1 saturated heterocycles. The fourth-order valence-electron chi connectivity index (χ4n) is 2.60. The van der Waals surface area contributed by atoms with E-state index in [1.165, 1.54) is 5.56 Å². The summed E-state index contributed by atoms with van der Waals surface area (Å²) in [5.74, 6) is 0. The predicted octanol–water partition coefficient (Wildman–Crippen LogP) is 4.23. The summed E-state index contributed by atoms with van der Waals surface area (Å²) in [5, 5.41) is 0. The predicted molar refractivity (Wildman–Crippen MR) is 94.6 cm³/mol. The maximum absolute atomic E-state index is 6.11. The zero-order valence-electron chi connectivity index (χ0n) is 15.1. The SMILES string of the molecule is C/C=C/CC(C)(C)c1ccc(B2OC(C)(C)C(C)(C)O2)cc1. The molecule has 1 heterocycles. The quantitative estimate of drug-likeness (QED) is 0.612. The van der Waals surface area contributed by atoms with Crippen molar-refractivity contribution in [3.05, 3.63) is 42.0 Å². The van der Waals surface area contributed by atoms with Gasteiger partial charge < -0.3 is 9.31 Å². The van der Waals surface area contributed by atoms with E-state index in [4.69, 9.17) is 9.31 Å². The molecule has 1 aliphatic heterocycles. The van der Waals surface area contributed by atoms with Crippen LogP contribution in [-0.2, 0) is 14.7 Å². The second-order valence-corrected chi connectivity index (χ2v) is 7.87. The van der Waals surface area contributed by atoms with Gasteiger partial charge in [-0.05, 0) is 57.5 Å². The summed E-state index contributed by atoms with van der Waals surface area (Å²) < 4.78 is 12.2. The summed E-state index contributed by atoms with van der Waals surface area (Å²) in [6, 6.07) is 8.66. The molecular formula is C19H29BO2. The minimum Gasteiger partial charge on any atom is -0.399 e. The Kier molecular flexibility index (Phi) is 4.61. The van der Waals surface area contributed by atoms with Gasteiger partial charge in [0.05, 0.1) is 11.2 Å². The van der Waals surface area contributed by atoms with E-state index in [2.05, 4.69) is 84.9 Å². The summed E-state index contributed by atoms with van der Waals surface area (Å²) in [4.78, 5) is 0. The molecule has 0 amide bonds. The van der Waals surface area contributed by atoms with Gasteiger partial charge in [0, 0.05) is 0 Å². The van der Waals surface area contributed by atoms with Crippen molar-refractivity contribution in [2.24, 2.45) is 0 Å². The first-order valence-electron chi connectivity index (χ1n) is 8.16. The first-order chi connectivity index (χ1) is 10.1. The highest BCUT2D eigenvalue weighted by atomic mass is 16.7. The fourth-order valence-corrected chi connectivity index (χ4v) is 2.60. The molecule has 120 valence electrons. The molecule has 1 aromatic rings. The molecule has 22 heavy (non-hydrogen) atoms. The van der Waals surface area contributed by atoms with Crippen molar-refractivity contribution >= 4 is 12.6 Å². The van der Waals surface area contributed by atoms with E-state index in [1.54, 1.807) is 0 Å². The van der Waals surface area contributed by atoms with Gasteiger partial charge in [-0.1, -0.05) is 50.3 Å². The monoisotopic (exact) mass is 300 g/mol. The van der Waals surface area contributed by atoms with Gasteiger partial charge in [0.15, 0.2) is 0 Å². The average Bonchev–Trinajstić information content (AvgIpc) is 2.65. The summed E-state index contributed by atoms with van der Waals surface area (Å²) in [6.45, 7) is 15.0. The van der Waals surface area contributed by atoms with Crippen molar-refractivity contribution in [3.8, 4) is 0 Å². The fraction of sp³-hybridized carbons (Fsp3) is 0.579. The molecule has 1 aliphatic rings. The first kappa shape index (κ1) is 17.3. The third kappa shape index (κ3) is 3.31. The maximum atomic E-state index is 6.11. The van der Waals surface area contributed by atoms with Crippen molar-refractivity contribution in [2.75, 3.05) is 0 Å². The molecule has 0 unspecified atom stereocenters. The van der Waals surface area contributed by atoms with Crippen molar-refractivity contribution in [1.82, 2.24) is 0 Å². The van der Waals surface area contributed by atoms with E-state index in [0.717, 1.165) is 11.9 Å². The largest absolute Gasteiger partial charge is 0.494 e. The molecule has 1 aromatic carbocycles. The Balaban J connectivity index is 2.17. The van der Waals surface area contributed by atoms with Crippen LogP contribution in [0.25, 0.3) is 0 Å². The van der Waals surface area contributed by atoms with E-state index >= 15 is 0 Å². The van der Waals surface area contributed by atoms with Gasteiger partial charge in [0.1, 0.15) is 0 Å². The molecular weight excluding hydrogens is 271 g/mol. The zero-order chi connectivity index (χ0) is 16.6. The van der Waals surface area contributed by atoms with Crippen molar-refractivity contribution in [1.29, 1.82) is 0 Å². The summed E-state index contributed by atoms with van der Waals surface area (Å²) in [7, 11) is -0.280. The Hall–Kier alpha value is -1.06. The van der Waals surface area contributed by atoms with Gasteiger partial charge in [0.25, 0.3) is 0 Å². The van der Waals surface area contributed by atoms with Gasteiger partial charge in [-0.25, -0.2) is 0 Å². The van der Waals surface area contributed by atoms with Crippen LogP contribution >= 0.6 is 0 Å². The van der Waals surface area contributed by atoms with Crippen molar-refractivity contribution in [3.63, 3.8) is 0 Å². The highest BCUT2D eigenvalue weighted by Crippen LogP contribution is 2.36. The molecule has 0 saturated carbocycles. The Morgan fingerprint density at radius 1 is 1.00 bits per heavy atom. The number of hydrogen-bond acceptors (Lipinski definition) is 2. The normalized spacial score (nSPS) is 20.8. The Bertz CT molecular complexity index is 525. The third-order valence-electron chi connectivity index (χ3n) is 5.08. The van der Waals surface area contributed by atoms with Crippen LogP contribution in [-0.4, -0.2) is 18.3 Å². The molecule has 0 radical (unpaired) electrons. The molecule has 0 aromatic heterocycles. The first-order valence-corrected chi connectivity index (χ1v) is 8.16. The van der Waals surface area contributed by atoms with E-state index in [9.17, 15) is 0 Å². The molecule has 2 rings (SSSR count).